The third-order valence-corrected chi connectivity index (χ3v) is 3.69. The van der Waals surface area contributed by atoms with Crippen LogP contribution in [-0.2, 0) is 6.54 Å². The zero-order valence-electron chi connectivity index (χ0n) is 11.7. The lowest BCUT2D eigenvalue weighted by atomic mass is 10.1. The number of hydrogen-bond acceptors (Lipinski definition) is 5. The summed E-state index contributed by atoms with van der Waals surface area (Å²) in [6.45, 7) is 4.02. The highest BCUT2D eigenvalue weighted by atomic mass is 16.4. The molecule has 5 nitrogen and oxygen atoms in total. The van der Waals surface area contributed by atoms with Crippen LogP contribution in [0.15, 0.2) is 34.7 Å². The van der Waals surface area contributed by atoms with Crippen LogP contribution in [0.25, 0.3) is 11.5 Å². The van der Waals surface area contributed by atoms with Crippen molar-refractivity contribution < 1.29 is 4.42 Å². The second-order valence-electron chi connectivity index (χ2n) is 5.41. The standard InChI is InChI=1S/C15H20N4O/c1-19-8-7-12(11-19)9-16-10-14-17-18-15(20-14)13-5-3-2-4-6-13/h2-6,12,16H,7-11H2,1H3. The van der Waals surface area contributed by atoms with E-state index in [1.165, 1.54) is 19.5 Å². The van der Waals surface area contributed by atoms with Gasteiger partial charge in [-0.15, -0.1) is 10.2 Å². The molecule has 0 aliphatic carbocycles. The predicted octanol–water partition coefficient (Wildman–Crippen LogP) is 1.78. The first-order chi connectivity index (χ1) is 9.81. The van der Waals surface area contributed by atoms with Gasteiger partial charge in [-0.1, -0.05) is 18.2 Å². The summed E-state index contributed by atoms with van der Waals surface area (Å²) in [5.41, 5.74) is 0.962. The highest BCUT2D eigenvalue weighted by Gasteiger charge is 2.19. The van der Waals surface area contributed by atoms with Gasteiger partial charge in [-0.2, -0.15) is 0 Å². The Morgan fingerprint density at radius 2 is 2.15 bits per heavy atom. The Morgan fingerprint density at radius 3 is 2.90 bits per heavy atom. The van der Waals surface area contributed by atoms with Crippen LogP contribution >= 0.6 is 0 Å². The number of nitrogens with zero attached hydrogens (tertiary/aromatic N) is 3. The van der Waals surface area contributed by atoms with E-state index in [0.29, 0.717) is 18.3 Å². The Hall–Kier alpha value is -1.72. The first-order valence-electron chi connectivity index (χ1n) is 7.08. The molecule has 1 aromatic heterocycles. The van der Waals surface area contributed by atoms with Crippen molar-refractivity contribution >= 4 is 0 Å². The molecule has 106 valence electrons. The number of nitrogens with one attached hydrogen (secondary N) is 1. The van der Waals surface area contributed by atoms with Crippen LogP contribution < -0.4 is 5.32 Å². The van der Waals surface area contributed by atoms with Crippen molar-refractivity contribution in [3.63, 3.8) is 0 Å². The van der Waals surface area contributed by atoms with Crippen LogP contribution in [0.2, 0.25) is 0 Å². The van der Waals surface area contributed by atoms with Crippen LogP contribution in [0.3, 0.4) is 0 Å². The topological polar surface area (TPSA) is 54.2 Å². The monoisotopic (exact) mass is 272 g/mol. The van der Waals surface area contributed by atoms with Crippen LogP contribution in [0.5, 0.6) is 0 Å². The molecule has 1 aliphatic rings. The fourth-order valence-corrected chi connectivity index (χ4v) is 2.60. The van der Waals surface area contributed by atoms with Gasteiger partial charge in [0.1, 0.15) is 0 Å². The minimum absolute atomic E-state index is 0.586. The summed E-state index contributed by atoms with van der Waals surface area (Å²) >= 11 is 0. The van der Waals surface area contributed by atoms with Crippen molar-refractivity contribution in [3.05, 3.63) is 36.2 Å². The van der Waals surface area contributed by atoms with Crippen molar-refractivity contribution in [3.8, 4) is 11.5 Å². The van der Waals surface area contributed by atoms with E-state index < -0.39 is 0 Å². The molecule has 0 saturated carbocycles. The molecule has 0 bridgehead atoms. The van der Waals surface area contributed by atoms with Gasteiger partial charge in [0.2, 0.25) is 11.8 Å². The Kier molecular flexibility index (Phi) is 4.08. The fourth-order valence-electron chi connectivity index (χ4n) is 2.60. The molecule has 1 fully saturated rings. The van der Waals surface area contributed by atoms with E-state index in [2.05, 4.69) is 27.5 Å². The van der Waals surface area contributed by atoms with Crippen molar-refractivity contribution in [2.45, 2.75) is 13.0 Å². The third-order valence-electron chi connectivity index (χ3n) is 3.69. The largest absolute Gasteiger partial charge is 0.419 e. The Morgan fingerprint density at radius 1 is 1.30 bits per heavy atom. The molecule has 1 atom stereocenters. The average molecular weight is 272 g/mol. The van der Waals surface area contributed by atoms with Gasteiger partial charge in [0.05, 0.1) is 6.54 Å². The van der Waals surface area contributed by atoms with Crippen LogP contribution in [-0.4, -0.2) is 41.8 Å². The molecule has 0 amide bonds. The van der Waals surface area contributed by atoms with Crippen molar-refractivity contribution in [1.82, 2.24) is 20.4 Å². The lowest BCUT2D eigenvalue weighted by molar-refractivity contribution is 0.383. The van der Waals surface area contributed by atoms with E-state index in [1.54, 1.807) is 0 Å². The van der Waals surface area contributed by atoms with Gasteiger partial charge >= 0.3 is 0 Å². The first kappa shape index (κ1) is 13.3. The number of hydrogen-bond donors (Lipinski definition) is 1. The summed E-state index contributed by atoms with van der Waals surface area (Å²) in [4.78, 5) is 2.37. The number of likely N-dealkylation sites (tertiary alicyclic amines) is 1. The summed E-state index contributed by atoms with van der Waals surface area (Å²) in [5, 5.41) is 11.6. The number of aromatic nitrogens is 2. The summed E-state index contributed by atoms with van der Waals surface area (Å²) < 4.78 is 5.66. The fraction of sp³-hybridized carbons (Fsp3) is 0.467. The molecule has 2 aromatic rings. The molecule has 1 aliphatic heterocycles. The molecule has 2 heterocycles. The summed E-state index contributed by atoms with van der Waals surface area (Å²) in [5.74, 6) is 1.97. The van der Waals surface area contributed by atoms with Crippen LogP contribution in [0.4, 0.5) is 0 Å². The van der Waals surface area contributed by atoms with Crippen LogP contribution in [0.1, 0.15) is 12.3 Å². The van der Waals surface area contributed by atoms with Crippen molar-refractivity contribution in [1.29, 1.82) is 0 Å². The minimum atomic E-state index is 0.586. The minimum Gasteiger partial charge on any atom is -0.419 e. The van der Waals surface area contributed by atoms with Crippen LogP contribution in [0, 0.1) is 5.92 Å². The highest BCUT2D eigenvalue weighted by Crippen LogP contribution is 2.17. The number of benzene rings is 1. The third kappa shape index (κ3) is 3.23. The van der Waals surface area contributed by atoms with E-state index in [4.69, 9.17) is 4.42 Å². The molecule has 1 saturated heterocycles. The SMILES string of the molecule is CN1CCC(CNCc2nnc(-c3ccccc3)o2)C1. The second-order valence-corrected chi connectivity index (χ2v) is 5.41. The Bertz CT molecular complexity index is 540. The molecule has 5 heteroatoms. The lowest BCUT2D eigenvalue weighted by Gasteiger charge is -2.10. The average Bonchev–Trinajstić information content (AvgIpc) is 3.09. The quantitative estimate of drug-likeness (QED) is 0.899. The van der Waals surface area contributed by atoms with Gasteiger partial charge in [-0.25, -0.2) is 0 Å². The van der Waals surface area contributed by atoms with Gasteiger partial charge in [0, 0.05) is 12.1 Å². The summed E-state index contributed by atoms with van der Waals surface area (Å²) in [6.07, 6.45) is 1.27. The van der Waals surface area contributed by atoms with Gasteiger partial charge in [0.15, 0.2) is 0 Å². The zero-order chi connectivity index (χ0) is 13.8. The maximum Gasteiger partial charge on any atom is 0.247 e. The Labute approximate surface area is 119 Å². The predicted molar refractivity (Wildman–Crippen MR) is 77.0 cm³/mol. The highest BCUT2D eigenvalue weighted by molar-refractivity contribution is 5.51. The second kappa shape index (κ2) is 6.15. The molecular formula is C15H20N4O. The van der Waals surface area contributed by atoms with Gasteiger partial charge in [-0.05, 0) is 44.6 Å². The molecular weight excluding hydrogens is 252 g/mol. The van der Waals surface area contributed by atoms with E-state index in [0.717, 1.165) is 18.0 Å². The van der Waals surface area contributed by atoms with Gasteiger partial charge in [0.25, 0.3) is 0 Å². The smallest absolute Gasteiger partial charge is 0.247 e. The van der Waals surface area contributed by atoms with Gasteiger partial charge in [-0.3, -0.25) is 0 Å². The molecule has 1 unspecified atom stereocenters. The summed E-state index contributed by atoms with van der Waals surface area (Å²) in [6, 6.07) is 9.85. The molecule has 3 rings (SSSR count). The maximum atomic E-state index is 5.66. The molecule has 20 heavy (non-hydrogen) atoms. The molecule has 1 aromatic carbocycles. The van der Waals surface area contributed by atoms with E-state index >= 15 is 0 Å². The zero-order valence-corrected chi connectivity index (χ0v) is 11.7. The van der Waals surface area contributed by atoms with Crippen molar-refractivity contribution in [2.75, 3.05) is 26.7 Å². The normalized spacial score (nSPS) is 19.6. The van der Waals surface area contributed by atoms with Gasteiger partial charge < -0.3 is 14.6 Å². The maximum absolute atomic E-state index is 5.66. The van der Waals surface area contributed by atoms with Crippen molar-refractivity contribution in [2.24, 2.45) is 5.92 Å². The first-order valence-corrected chi connectivity index (χ1v) is 7.08. The molecule has 1 N–H and O–H groups in total. The Balaban J connectivity index is 1.50. The lowest BCUT2D eigenvalue weighted by Crippen LogP contribution is -2.24. The molecule has 0 radical (unpaired) electrons. The molecule has 0 spiro atoms. The van der Waals surface area contributed by atoms with E-state index in [1.807, 2.05) is 30.3 Å². The number of rotatable bonds is 5. The van der Waals surface area contributed by atoms with E-state index in [-0.39, 0.29) is 0 Å². The van der Waals surface area contributed by atoms with E-state index in [9.17, 15) is 0 Å². The summed E-state index contributed by atoms with van der Waals surface area (Å²) in [7, 11) is 2.17.